The van der Waals surface area contributed by atoms with E-state index >= 15 is 0 Å². The van der Waals surface area contributed by atoms with Crippen molar-refractivity contribution in [3.05, 3.63) is 42.5 Å². The quantitative estimate of drug-likeness (QED) is 0.740. The number of hydrogen-bond donors (Lipinski definition) is 1. The van der Waals surface area contributed by atoms with E-state index in [1.807, 2.05) is 6.07 Å². The summed E-state index contributed by atoms with van der Waals surface area (Å²) in [5, 5.41) is 9.52. The van der Waals surface area contributed by atoms with Gasteiger partial charge in [0.1, 0.15) is 0 Å². The largest absolute Gasteiger partial charge is 0.504 e. The van der Waals surface area contributed by atoms with Gasteiger partial charge in [-0.05, 0) is 18.1 Å². The van der Waals surface area contributed by atoms with Crippen molar-refractivity contribution in [3.8, 4) is 11.5 Å². The number of phenolic OH excluding ortho intramolecular Hbond substituents is 1. The number of allylic oxidation sites excluding steroid dienone is 1. The van der Waals surface area contributed by atoms with Gasteiger partial charge in [-0.25, -0.2) is 0 Å². The van der Waals surface area contributed by atoms with Crippen LogP contribution in [0.25, 0.3) is 6.08 Å². The van der Waals surface area contributed by atoms with E-state index < -0.39 is 0 Å². The van der Waals surface area contributed by atoms with Crippen molar-refractivity contribution < 1.29 is 9.84 Å². The molecule has 0 fully saturated rings. The highest BCUT2D eigenvalue weighted by Gasteiger charge is 2.09. The first-order valence-electron chi connectivity index (χ1n) is 4.36. The van der Waals surface area contributed by atoms with E-state index in [9.17, 15) is 5.11 Å². The molecule has 0 aliphatic heterocycles. The average Bonchev–Trinajstić information content (AvgIpc) is 2.20. The fraction of sp³-hybridized carbons (Fsp3) is 0.167. The van der Waals surface area contributed by atoms with Gasteiger partial charge in [-0.2, -0.15) is 0 Å². The highest BCUT2D eigenvalue weighted by molar-refractivity contribution is 5.64. The Bertz CT molecular complexity index is 354. The molecule has 0 saturated heterocycles. The molecule has 0 amide bonds. The number of aromatic hydroxyl groups is 1. The van der Waals surface area contributed by atoms with E-state index in [2.05, 4.69) is 13.2 Å². The van der Waals surface area contributed by atoms with Crippen LogP contribution in [0.4, 0.5) is 0 Å². The third-order valence-electron chi connectivity index (χ3n) is 2.04. The van der Waals surface area contributed by atoms with Crippen molar-refractivity contribution in [1.82, 2.24) is 0 Å². The second-order valence-electron chi connectivity index (χ2n) is 2.89. The van der Waals surface area contributed by atoms with Crippen molar-refractivity contribution in [2.45, 2.75) is 6.42 Å². The summed E-state index contributed by atoms with van der Waals surface area (Å²) in [5.41, 5.74) is 1.87. The van der Waals surface area contributed by atoms with Crippen LogP contribution < -0.4 is 4.74 Å². The van der Waals surface area contributed by atoms with Crippen LogP contribution in [-0.2, 0) is 6.42 Å². The molecule has 1 N–H and O–H groups in total. The number of benzene rings is 1. The molecule has 0 atom stereocenters. The number of hydrogen-bond acceptors (Lipinski definition) is 2. The van der Waals surface area contributed by atoms with Crippen molar-refractivity contribution in [2.75, 3.05) is 7.11 Å². The summed E-state index contributed by atoms with van der Waals surface area (Å²) in [6, 6.07) is 3.46. The van der Waals surface area contributed by atoms with E-state index in [1.54, 1.807) is 18.2 Å². The van der Waals surface area contributed by atoms with Crippen molar-refractivity contribution >= 4 is 6.08 Å². The lowest BCUT2D eigenvalue weighted by atomic mass is 10.0. The number of phenols is 1. The zero-order chi connectivity index (χ0) is 10.6. The van der Waals surface area contributed by atoms with Crippen LogP contribution in [0.5, 0.6) is 11.5 Å². The minimum absolute atomic E-state index is 0.134. The normalized spacial score (nSPS) is 9.50. The van der Waals surface area contributed by atoms with Crippen molar-refractivity contribution in [2.24, 2.45) is 0 Å². The fourth-order valence-corrected chi connectivity index (χ4v) is 1.40. The molecular formula is C12H14O2. The van der Waals surface area contributed by atoms with Crippen LogP contribution in [0.1, 0.15) is 11.1 Å². The Morgan fingerprint density at radius 3 is 2.64 bits per heavy atom. The molecular weight excluding hydrogens is 176 g/mol. The molecule has 0 radical (unpaired) electrons. The van der Waals surface area contributed by atoms with Crippen LogP contribution >= 0.6 is 0 Å². The first kappa shape index (κ1) is 10.4. The van der Waals surface area contributed by atoms with Gasteiger partial charge in [0.05, 0.1) is 7.11 Å². The summed E-state index contributed by atoms with van der Waals surface area (Å²) in [4.78, 5) is 0. The average molecular weight is 190 g/mol. The fourth-order valence-electron chi connectivity index (χ4n) is 1.40. The van der Waals surface area contributed by atoms with Crippen molar-refractivity contribution in [1.29, 1.82) is 0 Å². The number of ether oxygens (including phenoxy) is 1. The van der Waals surface area contributed by atoms with E-state index in [0.29, 0.717) is 5.75 Å². The molecule has 0 unspecified atom stereocenters. The topological polar surface area (TPSA) is 29.5 Å². The zero-order valence-electron chi connectivity index (χ0n) is 8.29. The Hall–Kier alpha value is -1.70. The molecule has 0 bridgehead atoms. The van der Waals surface area contributed by atoms with E-state index in [0.717, 1.165) is 17.5 Å². The summed E-state index contributed by atoms with van der Waals surface area (Å²) in [6.07, 6.45) is 4.22. The van der Waals surface area contributed by atoms with Gasteiger partial charge in [-0.1, -0.05) is 24.8 Å². The first-order chi connectivity index (χ1) is 6.74. The maximum atomic E-state index is 9.52. The smallest absolute Gasteiger partial charge is 0.167 e. The molecule has 0 aliphatic rings. The summed E-state index contributed by atoms with van der Waals surface area (Å²) < 4.78 is 5.10. The minimum atomic E-state index is 0.134. The maximum Gasteiger partial charge on any atom is 0.167 e. The van der Waals surface area contributed by atoms with E-state index in [1.165, 1.54) is 7.11 Å². The molecule has 0 aromatic heterocycles. The van der Waals surface area contributed by atoms with E-state index in [-0.39, 0.29) is 5.75 Å². The lowest BCUT2D eigenvalue weighted by Crippen LogP contribution is -1.93. The van der Waals surface area contributed by atoms with Gasteiger partial charge < -0.3 is 9.84 Å². The molecule has 1 rings (SSSR count). The zero-order valence-corrected chi connectivity index (χ0v) is 8.29. The molecule has 1 aromatic rings. The second-order valence-corrected chi connectivity index (χ2v) is 2.89. The standard InChI is InChI=1S/C12H14O2/c1-4-6-9-7-8-11(13)12(14-3)10(9)5-2/h4-5,7-8,13H,1-2,6H2,3H3. The molecule has 0 saturated carbocycles. The van der Waals surface area contributed by atoms with Crippen LogP contribution in [0, 0.1) is 0 Å². The second kappa shape index (κ2) is 4.51. The third-order valence-corrected chi connectivity index (χ3v) is 2.04. The number of methoxy groups -OCH3 is 1. The highest BCUT2D eigenvalue weighted by atomic mass is 16.5. The summed E-state index contributed by atoms with van der Waals surface area (Å²) >= 11 is 0. The van der Waals surface area contributed by atoms with Crippen LogP contribution in [0.3, 0.4) is 0 Å². The van der Waals surface area contributed by atoms with Gasteiger partial charge in [0.15, 0.2) is 11.5 Å². The van der Waals surface area contributed by atoms with Crippen LogP contribution in [0.15, 0.2) is 31.4 Å². The van der Waals surface area contributed by atoms with Gasteiger partial charge in [0.25, 0.3) is 0 Å². The number of rotatable bonds is 4. The maximum absolute atomic E-state index is 9.52. The predicted molar refractivity (Wildman–Crippen MR) is 58.7 cm³/mol. The Balaban J connectivity index is 3.31. The molecule has 0 spiro atoms. The van der Waals surface area contributed by atoms with Gasteiger partial charge >= 0.3 is 0 Å². The molecule has 14 heavy (non-hydrogen) atoms. The summed E-state index contributed by atoms with van der Waals surface area (Å²) in [7, 11) is 1.53. The molecule has 1 aromatic carbocycles. The van der Waals surface area contributed by atoms with Crippen LogP contribution in [-0.4, -0.2) is 12.2 Å². The van der Waals surface area contributed by atoms with Gasteiger partial charge in [0, 0.05) is 5.56 Å². The van der Waals surface area contributed by atoms with Gasteiger partial charge in [0.2, 0.25) is 0 Å². The highest BCUT2D eigenvalue weighted by Crippen LogP contribution is 2.33. The minimum Gasteiger partial charge on any atom is -0.504 e. The van der Waals surface area contributed by atoms with Crippen molar-refractivity contribution in [3.63, 3.8) is 0 Å². The molecule has 2 heteroatoms. The first-order valence-corrected chi connectivity index (χ1v) is 4.36. The van der Waals surface area contributed by atoms with Gasteiger partial charge in [-0.3, -0.25) is 0 Å². The Kier molecular flexibility index (Phi) is 3.35. The predicted octanol–water partition coefficient (Wildman–Crippen LogP) is 2.77. The summed E-state index contributed by atoms with van der Waals surface area (Å²) in [6.45, 7) is 7.37. The van der Waals surface area contributed by atoms with Crippen LogP contribution in [0.2, 0.25) is 0 Å². The SMILES string of the molecule is C=CCc1ccc(O)c(OC)c1C=C. The molecule has 2 nitrogen and oxygen atoms in total. The Labute approximate surface area is 84.1 Å². The monoisotopic (exact) mass is 190 g/mol. The molecule has 0 aliphatic carbocycles. The Morgan fingerprint density at radius 2 is 2.14 bits per heavy atom. The van der Waals surface area contributed by atoms with E-state index in [4.69, 9.17) is 4.74 Å². The Morgan fingerprint density at radius 1 is 1.43 bits per heavy atom. The molecule has 74 valence electrons. The lowest BCUT2D eigenvalue weighted by molar-refractivity contribution is 0.372. The molecule has 0 heterocycles. The lowest BCUT2D eigenvalue weighted by Gasteiger charge is -2.10. The summed E-state index contributed by atoms with van der Waals surface area (Å²) in [5.74, 6) is 0.606. The third kappa shape index (κ3) is 1.79. The van der Waals surface area contributed by atoms with Gasteiger partial charge in [-0.15, -0.1) is 6.58 Å².